The first-order chi connectivity index (χ1) is 7.84. The van der Waals surface area contributed by atoms with E-state index in [1.165, 1.54) is 57.8 Å². The van der Waals surface area contributed by atoms with Gasteiger partial charge in [-0.3, -0.25) is 0 Å². The predicted octanol–water partition coefficient (Wildman–Crippen LogP) is 4.45. The Labute approximate surface area is 101 Å². The summed E-state index contributed by atoms with van der Waals surface area (Å²) in [5.41, 5.74) is 0. The van der Waals surface area contributed by atoms with E-state index in [0.717, 1.165) is 6.42 Å². The molecule has 1 aliphatic carbocycles. The highest BCUT2D eigenvalue weighted by Gasteiger charge is 2.17. The van der Waals surface area contributed by atoms with Crippen LogP contribution in [0.1, 0.15) is 71.1 Å². The van der Waals surface area contributed by atoms with Crippen LogP contribution in [-0.4, -0.2) is 11.2 Å². The molecular formula is C15H28O. The molecule has 1 aliphatic rings. The van der Waals surface area contributed by atoms with Crippen LogP contribution in [0.5, 0.6) is 0 Å². The van der Waals surface area contributed by atoms with Crippen LogP contribution in [0.3, 0.4) is 0 Å². The molecule has 0 saturated heterocycles. The van der Waals surface area contributed by atoms with Crippen LogP contribution in [0, 0.1) is 5.92 Å². The minimum atomic E-state index is -0.0808. The molecule has 0 bridgehead atoms. The fraction of sp³-hybridized carbons (Fsp3) is 0.867. The van der Waals surface area contributed by atoms with E-state index >= 15 is 0 Å². The average Bonchev–Trinajstić information content (AvgIpc) is 2.34. The summed E-state index contributed by atoms with van der Waals surface area (Å²) in [6, 6.07) is 0. The van der Waals surface area contributed by atoms with Crippen molar-refractivity contribution in [3.8, 4) is 0 Å². The topological polar surface area (TPSA) is 20.2 Å². The molecule has 0 aromatic heterocycles. The van der Waals surface area contributed by atoms with E-state index in [4.69, 9.17) is 0 Å². The van der Waals surface area contributed by atoms with Gasteiger partial charge in [-0.05, 0) is 25.7 Å². The molecule has 2 atom stereocenters. The highest BCUT2D eigenvalue weighted by atomic mass is 16.3. The number of aliphatic hydroxyl groups excluding tert-OH is 1. The van der Waals surface area contributed by atoms with Crippen LogP contribution in [0.15, 0.2) is 12.2 Å². The maximum absolute atomic E-state index is 10.0. The Kier molecular flexibility index (Phi) is 7.58. The van der Waals surface area contributed by atoms with Crippen molar-refractivity contribution in [1.29, 1.82) is 0 Å². The second-order valence-corrected chi connectivity index (χ2v) is 5.15. The Bertz CT molecular complexity index is 186. The highest BCUT2D eigenvalue weighted by molar-refractivity contribution is 4.95. The molecule has 0 aromatic carbocycles. The van der Waals surface area contributed by atoms with Gasteiger partial charge in [0.1, 0.15) is 0 Å². The Morgan fingerprint density at radius 3 is 2.62 bits per heavy atom. The lowest BCUT2D eigenvalue weighted by atomic mass is 9.88. The van der Waals surface area contributed by atoms with Gasteiger partial charge in [-0.1, -0.05) is 57.6 Å². The third-order valence-electron chi connectivity index (χ3n) is 3.64. The van der Waals surface area contributed by atoms with Gasteiger partial charge in [0.15, 0.2) is 0 Å². The quantitative estimate of drug-likeness (QED) is 0.477. The first-order valence-electron chi connectivity index (χ1n) is 7.19. The van der Waals surface area contributed by atoms with Crippen LogP contribution in [0.2, 0.25) is 0 Å². The summed E-state index contributed by atoms with van der Waals surface area (Å²) in [6.45, 7) is 2.25. The number of unbranched alkanes of at least 4 members (excludes halogenated alkanes) is 5. The maximum Gasteiger partial charge on any atom is 0.0602 e. The summed E-state index contributed by atoms with van der Waals surface area (Å²) in [7, 11) is 0. The highest BCUT2D eigenvalue weighted by Crippen LogP contribution is 2.23. The number of hydrogen-bond donors (Lipinski definition) is 1. The summed E-state index contributed by atoms with van der Waals surface area (Å²) in [5, 5.41) is 10.0. The SMILES string of the molecule is CCCCCCCC[C@@H](O)[C@H]1C=CCCC1. The van der Waals surface area contributed by atoms with Crippen molar-refractivity contribution in [2.45, 2.75) is 77.2 Å². The van der Waals surface area contributed by atoms with E-state index in [9.17, 15) is 5.11 Å². The second kappa shape index (κ2) is 8.81. The molecule has 1 N–H and O–H groups in total. The van der Waals surface area contributed by atoms with E-state index in [-0.39, 0.29) is 6.10 Å². The smallest absolute Gasteiger partial charge is 0.0602 e. The molecule has 0 aliphatic heterocycles. The molecule has 1 rings (SSSR count). The van der Waals surface area contributed by atoms with Crippen LogP contribution in [0.25, 0.3) is 0 Å². The average molecular weight is 224 g/mol. The van der Waals surface area contributed by atoms with Crippen LogP contribution >= 0.6 is 0 Å². The molecule has 0 spiro atoms. The van der Waals surface area contributed by atoms with E-state index < -0.39 is 0 Å². The molecule has 1 heteroatoms. The van der Waals surface area contributed by atoms with Gasteiger partial charge in [0.05, 0.1) is 6.10 Å². The zero-order chi connectivity index (χ0) is 11.6. The number of aliphatic hydroxyl groups is 1. The van der Waals surface area contributed by atoms with E-state index in [1.807, 2.05) is 0 Å². The van der Waals surface area contributed by atoms with Crippen LogP contribution in [-0.2, 0) is 0 Å². The number of rotatable bonds is 8. The molecule has 0 saturated carbocycles. The number of hydrogen-bond acceptors (Lipinski definition) is 1. The van der Waals surface area contributed by atoms with Crippen molar-refractivity contribution in [1.82, 2.24) is 0 Å². The van der Waals surface area contributed by atoms with Crippen molar-refractivity contribution in [2.75, 3.05) is 0 Å². The Hall–Kier alpha value is -0.300. The van der Waals surface area contributed by atoms with Gasteiger partial charge < -0.3 is 5.11 Å². The molecule has 16 heavy (non-hydrogen) atoms. The summed E-state index contributed by atoms with van der Waals surface area (Å²) in [4.78, 5) is 0. The lowest BCUT2D eigenvalue weighted by Crippen LogP contribution is -2.19. The Morgan fingerprint density at radius 2 is 1.94 bits per heavy atom. The molecule has 0 unspecified atom stereocenters. The third-order valence-corrected chi connectivity index (χ3v) is 3.64. The van der Waals surface area contributed by atoms with Gasteiger partial charge in [0.25, 0.3) is 0 Å². The standard InChI is InChI=1S/C15H28O/c1-2-3-4-5-6-10-13-15(16)14-11-8-7-9-12-14/h8,11,14-16H,2-7,9-10,12-13H2,1H3/t14-,15+/m0/s1. The lowest BCUT2D eigenvalue weighted by molar-refractivity contribution is 0.110. The van der Waals surface area contributed by atoms with Crippen molar-refractivity contribution < 1.29 is 5.11 Å². The third kappa shape index (κ3) is 5.69. The summed E-state index contributed by atoms with van der Waals surface area (Å²) in [5.74, 6) is 0.449. The largest absolute Gasteiger partial charge is 0.393 e. The maximum atomic E-state index is 10.0. The molecular weight excluding hydrogens is 196 g/mol. The fourth-order valence-electron chi connectivity index (χ4n) is 2.51. The van der Waals surface area contributed by atoms with Crippen LogP contribution in [0.4, 0.5) is 0 Å². The molecule has 0 heterocycles. The first-order valence-corrected chi connectivity index (χ1v) is 7.19. The van der Waals surface area contributed by atoms with Gasteiger partial charge in [0.2, 0.25) is 0 Å². The summed E-state index contributed by atoms with van der Waals surface area (Å²) >= 11 is 0. The van der Waals surface area contributed by atoms with Crippen molar-refractivity contribution >= 4 is 0 Å². The van der Waals surface area contributed by atoms with Gasteiger partial charge >= 0.3 is 0 Å². The van der Waals surface area contributed by atoms with Gasteiger partial charge in [-0.2, -0.15) is 0 Å². The number of allylic oxidation sites excluding steroid dienone is 1. The fourth-order valence-corrected chi connectivity index (χ4v) is 2.51. The molecule has 0 amide bonds. The van der Waals surface area contributed by atoms with Gasteiger partial charge in [-0.25, -0.2) is 0 Å². The molecule has 94 valence electrons. The second-order valence-electron chi connectivity index (χ2n) is 5.15. The molecule has 0 aromatic rings. The van der Waals surface area contributed by atoms with Crippen molar-refractivity contribution in [3.63, 3.8) is 0 Å². The molecule has 0 fully saturated rings. The summed E-state index contributed by atoms with van der Waals surface area (Å²) in [6.07, 6.45) is 16.9. The summed E-state index contributed by atoms with van der Waals surface area (Å²) < 4.78 is 0. The van der Waals surface area contributed by atoms with Gasteiger partial charge in [0, 0.05) is 5.92 Å². The molecule has 0 radical (unpaired) electrons. The van der Waals surface area contributed by atoms with Gasteiger partial charge in [-0.15, -0.1) is 0 Å². The van der Waals surface area contributed by atoms with Crippen molar-refractivity contribution in [2.24, 2.45) is 5.92 Å². The minimum Gasteiger partial charge on any atom is -0.393 e. The Balaban J connectivity index is 1.99. The van der Waals surface area contributed by atoms with Crippen molar-refractivity contribution in [3.05, 3.63) is 12.2 Å². The Morgan fingerprint density at radius 1 is 1.19 bits per heavy atom. The molecule has 1 nitrogen and oxygen atoms in total. The zero-order valence-corrected chi connectivity index (χ0v) is 10.8. The minimum absolute atomic E-state index is 0.0808. The zero-order valence-electron chi connectivity index (χ0n) is 10.8. The first kappa shape index (κ1) is 13.8. The van der Waals surface area contributed by atoms with E-state index in [0.29, 0.717) is 5.92 Å². The normalized spacial score (nSPS) is 22.2. The van der Waals surface area contributed by atoms with Crippen LogP contribution < -0.4 is 0 Å². The lowest BCUT2D eigenvalue weighted by Gasteiger charge is -2.22. The van der Waals surface area contributed by atoms with E-state index in [1.54, 1.807) is 0 Å². The predicted molar refractivity (Wildman–Crippen MR) is 70.5 cm³/mol. The monoisotopic (exact) mass is 224 g/mol. The van der Waals surface area contributed by atoms with E-state index in [2.05, 4.69) is 19.1 Å².